The number of aryl methyl sites for hydroxylation is 1. The molecule has 0 aliphatic carbocycles. The molecule has 130 valence electrons. The van der Waals surface area contributed by atoms with E-state index in [0.717, 1.165) is 34.9 Å². The van der Waals surface area contributed by atoms with Crippen molar-refractivity contribution in [3.63, 3.8) is 0 Å². The van der Waals surface area contributed by atoms with Gasteiger partial charge in [0.25, 0.3) is 0 Å². The molecular weight excluding hydrogens is 344 g/mol. The molecule has 0 amide bonds. The zero-order chi connectivity index (χ0) is 17.4. The molecule has 2 unspecified atom stereocenters. The molecule has 0 bridgehead atoms. The number of aromatic nitrogens is 2. The van der Waals surface area contributed by atoms with Crippen molar-refractivity contribution >= 4 is 27.4 Å². The lowest BCUT2D eigenvalue weighted by Gasteiger charge is -2.21. The minimum Gasteiger partial charge on any atom is -0.371 e. The summed E-state index contributed by atoms with van der Waals surface area (Å²) in [5.74, 6) is -0.959. The Morgan fingerprint density at radius 2 is 2.12 bits per heavy atom. The fourth-order valence-corrected chi connectivity index (χ4v) is 4.06. The average Bonchev–Trinajstić information content (AvgIpc) is 3.24. The van der Waals surface area contributed by atoms with Crippen LogP contribution in [0.5, 0.6) is 0 Å². The van der Waals surface area contributed by atoms with Crippen molar-refractivity contribution in [2.45, 2.75) is 31.9 Å². The Hall–Kier alpha value is -2.12. The van der Waals surface area contributed by atoms with E-state index in [1.54, 1.807) is 23.7 Å². The van der Waals surface area contributed by atoms with E-state index in [9.17, 15) is 8.78 Å². The molecule has 0 saturated carbocycles. The lowest BCUT2D eigenvalue weighted by Crippen LogP contribution is -2.24. The van der Waals surface area contributed by atoms with Crippen molar-refractivity contribution in [3.8, 4) is 0 Å². The molecule has 1 aliphatic rings. The predicted molar refractivity (Wildman–Crippen MR) is 93.9 cm³/mol. The Morgan fingerprint density at radius 1 is 1.24 bits per heavy atom. The van der Waals surface area contributed by atoms with Gasteiger partial charge in [-0.1, -0.05) is 13.0 Å². The minimum atomic E-state index is -0.860. The van der Waals surface area contributed by atoms with Crippen molar-refractivity contribution in [1.29, 1.82) is 0 Å². The third-order valence-corrected chi connectivity index (χ3v) is 5.60. The number of halogens is 2. The number of thiophene rings is 1. The molecule has 4 nitrogen and oxygen atoms in total. The highest BCUT2D eigenvalue weighted by atomic mass is 32.1. The number of ether oxygens (including phenoxy) is 1. The number of anilines is 1. The third kappa shape index (κ3) is 3.09. The maximum atomic E-state index is 13.6. The lowest BCUT2D eigenvalue weighted by molar-refractivity contribution is 0.107. The first-order chi connectivity index (χ1) is 12.2. The van der Waals surface area contributed by atoms with E-state index in [-0.39, 0.29) is 12.1 Å². The number of nitrogens with one attached hydrogen (secondary N) is 1. The molecule has 2 aromatic heterocycles. The van der Waals surface area contributed by atoms with Crippen LogP contribution in [0.25, 0.3) is 10.2 Å². The number of nitrogens with zero attached hydrogens (tertiary/aromatic N) is 2. The highest BCUT2D eigenvalue weighted by molar-refractivity contribution is 7.18. The summed E-state index contributed by atoms with van der Waals surface area (Å²) in [6, 6.07) is 5.95. The number of rotatable bonds is 4. The number of fused-ring (bicyclic) bond motifs is 1. The molecule has 0 radical (unpaired) electrons. The third-order valence-electron chi connectivity index (χ3n) is 4.41. The molecule has 1 aromatic carbocycles. The van der Waals surface area contributed by atoms with Crippen LogP contribution in [-0.2, 0) is 11.2 Å². The average molecular weight is 361 g/mol. The monoisotopic (exact) mass is 361 g/mol. The standard InChI is InChI=1S/C18H17F2N3OS/c1-2-11-8-12-17(21-9-22-18(12)25-11)23-15-5-6-24-16(15)10-3-4-13(19)14(20)7-10/h3-4,7-9,15-16H,2,5-6H2,1H3,(H,21,22,23). The van der Waals surface area contributed by atoms with Gasteiger partial charge in [-0.2, -0.15) is 0 Å². The van der Waals surface area contributed by atoms with Crippen LogP contribution in [0.4, 0.5) is 14.6 Å². The summed E-state index contributed by atoms with van der Waals surface area (Å²) in [6.45, 7) is 2.66. The van der Waals surface area contributed by atoms with Crippen LogP contribution in [-0.4, -0.2) is 22.6 Å². The van der Waals surface area contributed by atoms with E-state index in [0.29, 0.717) is 12.2 Å². The van der Waals surface area contributed by atoms with Crippen molar-refractivity contribution < 1.29 is 13.5 Å². The highest BCUT2D eigenvalue weighted by Crippen LogP contribution is 2.34. The van der Waals surface area contributed by atoms with Crippen LogP contribution in [0, 0.1) is 11.6 Å². The molecule has 7 heteroatoms. The summed E-state index contributed by atoms with van der Waals surface area (Å²) < 4.78 is 32.5. The first-order valence-electron chi connectivity index (χ1n) is 8.22. The van der Waals surface area contributed by atoms with Crippen LogP contribution < -0.4 is 5.32 Å². The van der Waals surface area contributed by atoms with Crippen molar-refractivity contribution in [2.75, 3.05) is 11.9 Å². The Balaban J connectivity index is 1.63. The van der Waals surface area contributed by atoms with E-state index in [1.807, 2.05) is 0 Å². The van der Waals surface area contributed by atoms with Crippen LogP contribution in [0.1, 0.15) is 29.9 Å². The second-order valence-electron chi connectivity index (χ2n) is 6.01. The first-order valence-corrected chi connectivity index (χ1v) is 9.04. The second kappa shape index (κ2) is 6.65. The highest BCUT2D eigenvalue weighted by Gasteiger charge is 2.31. The maximum absolute atomic E-state index is 13.6. The molecule has 25 heavy (non-hydrogen) atoms. The van der Waals surface area contributed by atoms with Crippen molar-refractivity contribution in [3.05, 3.63) is 52.7 Å². The molecule has 3 heterocycles. The summed E-state index contributed by atoms with van der Waals surface area (Å²) in [5, 5.41) is 4.40. The van der Waals surface area contributed by atoms with Crippen LogP contribution in [0.2, 0.25) is 0 Å². The molecule has 4 rings (SSSR count). The van der Waals surface area contributed by atoms with Crippen molar-refractivity contribution in [1.82, 2.24) is 9.97 Å². The molecule has 2 atom stereocenters. The Kier molecular flexibility index (Phi) is 4.35. The molecule has 1 aliphatic heterocycles. The van der Waals surface area contributed by atoms with E-state index < -0.39 is 11.6 Å². The van der Waals surface area contributed by atoms with E-state index in [2.05, 4.69) is 28.3 Å². The van der Waals surface area contributed by atoms with Gasteiger partial charge in [0.1, 0.15) is 23.1 Å². The summed E-state index contributed by atoms with van der Waals surface area (Å²) in [4.78, 5) is 10.9. The molecule has 3 aromatic rings. The second-order valence-corrected chi connectivity index (χ2v) is 7.13. The van der Waals surface area contributed by atoms with Crippen molar-refractivity contribution in [2.24, 2.45) is 0 Å². The van der Waals surface area contributed by atoms with Gasteiger partial charge < -0.3 is 10.1 Å². The molecule has 0 spiro atoms. The van der Waals surface area contributed by atoms with Gasteiger partial charge in [-0.15, -0.1) is 11.3 Å². The van der Waals surface area contributed by atoms with Gasteiger partial charge in [0.15, 0.2) is 11.6 Å². The van der Waals surface area contributed by atoms with Gasteiger partial charge in [0.05, 0.1) is 11.4 Å². The summed E-state index contributed by atoms with van der Waals surface area (Å²) in [7, 11) is 0. The molecule has 1 saturated heterocycles. The quantitative estimate of drug-likeness (QED) is 0.745. The zero-order valence-corrected chi connectivity index (χ0v) is 14.4. The maximum Gasteiger partial charge on any atom is 0.159 e. The molecular formula is C18H17F2N3OS. The van der Waals surface area contributed by atoms with E-state index >= 15 is 0 Å². The summed E-state index contributed by atoms with van der Waals surface area (Å²) in [6.07, 6.45) is 2.91. The fraction of sp³-hybridized carbons (Fsp3) is 0.333. The van der Waals surface area contributed by atoms with Gasteiger partial charge >= 0.3 is 0 Å². The zero-order valence-electron chi connectivity index (χ0n) is 13.6. The molecule has 1 fully saturated rings. The van der Waals surface area contributed by atoms with Gasteiger partial charge in [-0.05, 0) is 36.6 Å². The fourth-order valence-electron chi connectivity index (χ4n) is 3.13. The largest absolute Gasteiger partial charge is 0.371 e. The number of benzene rings is 1. The minimum absolute atomic E-state index is 0.0621. The summed E-state index contributed by atoms with van der Waals surface area (Å²) >= 11 is 1.66. The van der Waals surface area contributed by atoms with Gasteiger partial charge in [0, 0.05) is 11.5 Å². The Morgan fingerprint density at radius 3 is 2.92 bits per heavy atom. The lowest BCUT2D eigenvalue weighted by atomic mass is 10.0. The van der Waals surface area contributed by atoms with E-state index in [4.69, 9.17) is 4.74 Å². The topological polar surface area (TPSA) is 47.0 Å². The van der Waals surface area contributed by atoms with Crippen LogP contribution >= 0.6 is 11.3 Å². The summed E-state index contributed by atoms with van der Waals surface area (Å²) in [5.41, 5.74) is 0.624. The molecule has 1 N–H and O–H groups in total. The SMILES string of the molecule is CCc1cc2c(NC3CCOC3c3ccc(F)c(F)c3)ncnc2s1. The number of hydrogen-bond acceptors (Lipinski definition) is 5. The Bertz CT molecular complexity index is 914. The Labute approximate surface area is 147 Å². The predicted octanol–water partition coefficient (Wildman–Crippen LogP) is 4.47. The van der Waals surface area contributed by atoms with Crippen LogP contribution in [0.15, 0.2) is 30.6 Å². The van der Waals surface area contributed by atoms with Gasteiger partial charge in [-0.25, -0.2) is 18.7 Å². The smallest absolute Gasteiger partial charge is 0.159 e. The first kappa shape index (κ1) is 16.4. The van der Waals surface area contributed by atoms with E-state index in [1.165, 1.54) is 10.9 Å². The van der Waals surface area contributed by atoms with Gasteiger partial charge in [0.2, 0.25) is 0 Å². The van der Waals surface area contributed by atoms with Crippen LogP contribution in [0.3, 0.4) is 0 Å². The van der Waals surface area contributed by atoms with Gasteiger partial charge in [-0.3, -0.25) is 0 Å². The normalized spacial score (nSPS) is 20.3. The number of hydrogen-bond donors (Lipinski definition) is 1.